The van der Waals surface area contributed by atoms with Crippen LogP contribution >= 0.6 is 0 Å². The van der Waals surface area contributed by atoms with Gasteiger partial charge < -0.3 is 14.6 Å². The second-order valence-corrected chi connectivity index (χ2v) is 3.57. The van der Waals surface area contributed by atoms with Gasteiger partial charge >= 0.3 is 0 Å². The fraction of sp³-hybridized carbons (Fsp3) is 1.00. The first-order valence-corrected chi connectivity index (χ1v) is 4.15. The first kappa shape index (κ1) is 7.59. The lowest BCUT2D eigenvalue weighted by molar-refractivity contribution is 0.00946. The third-order valence-electron chi connectivity index (χ3n) is 2.63. The topological polar surface area (TPSA) is 38.7 Å². The predicted molar refractivity (Wildman–Crippen MR) is 42.1 cm³/mol. The molecule has 0 radical (unpaired) electrons. The van der Waals surface area contributed by atoms with Crippen molar-refractivity contribution in [2.45, 2.75) is 31.2 Å². The maximum absolute atomic E-state index is 9.54. The van der Waals surface area contributed by atoms with Crippen LogP contribution in [-0.2, 0) is 9.47 Å². The zero-order valence-corrected chi connectivity index (χ0v) is 6.86. The molecule has 4 heteroatoms. The Balaban J connectivity index is 2.12. The highest BCUT2D eigenvalue weighted by Gasteiger charge is 2.48. The van der Waals surface area contributed by atoms with Gasteiger partial charge in [-0.1, -0.05) is 6.92 Å². The minimum Gasteiger partial charge on any atom is -0.388 e. The highest BCUT2D eigenvalue weighted by Crippen LogP contribution is 2.33. The Labute approximate surface area is 67.1 Å². The van der Waals surface area contributed by atoms with Crippen LogP contribution < -0.4 is 0 Å². The smallest absolute Gasteiger partial charge is 0.142 e. The van der Waals surface area contributed by atoms with Gasteiger partial charge in [-0.15, -0.1) is 0 Å². The Morgan fingerprint density at radius 2 is 2.18 bits per heavy atom. The molecule has 3 nitrogen and oxygen atoms in total. The van der Waals surface area contributed by atoms with Crippen LogP contribution in [0.15, 0.2) is 0 Å². The second kappa shape index (κ2) is 2.47. The average Bonchev–Trinajstić information content (AvgIpc) is 2.43. The van der Waals surface area contributed by atoms with Gasteiger partial charge in [0.25, 0.3) is 0 Å². The molecule has 0 spiro atoms. The standard InChI is InChI=1S/C7H13BO3/c1-3-2-10-6-4(9)7(8)11-5(3)6/h3-7,9H,2,8H2,1H3/t3-,4-,5?,6-,7-/m1/s1. The summed E-state index contributed by atoms with van der Waals surface area (Å²) >= 11 is 0. The molecule has 1 unspecified atom stereocenters. The second-order valence-electron chi connectivity index (χ2n) is 3.57. The van der Waals surface area contributed by atoms with E-state index in [1.807, 2.05) is 7.85 Å². The van der Waals surface area contributed by atoms with E-state index < -0.39 is 6.10 Å². The number of hydrogen-bond donors (Lipinski definition) is 1. The molecule has 1 N–H and O–H groups in total. The molecular weight excluding hydrogens is 143 g/mol. The number of hydrogen-bond acceptors (Lipinski definition) is 3. The first-order chi connectivity index (χ1) is 5.20. The van der Waals surface area contributed by atoms with Crippen LogP contribution in [0.2, 0.25) is 0 Å². The van der Waals surface area contributed by atoms with Crippen LogP contribution in [0.25, 0.3) is 0 Å². The quantitative estimate of drug-likeness (QED) is 0.445. The molecule has 0 saturated carbocycles. The largest absolute Gasteiger partial charge is 0.388 e. The van der Waals surface area contributed by atoms with Gasteiger partial charge in [-0.05, 0) is 0 Å². The Kier molecular flexibility index (Phi) is 1.70. The van der Waals surface area contributed by atoms with Crippen molar-refractivity contribution in [2.24, 2.45) is 5.92 Å². The van der Waals surface area contributed by atoms with E-state index in [0.717, 1.165) is 6.61 Å². The van der Waals surface area contributed by atoms with Crippen LogP contribution in [0, 0.1) is 5.92 Å². The van der Waals surface area contributed by atoms with Crippen molar-refractivity contribution < 1.29 is 14.6 Å². The fourth-order valence-corrected chi connectivity index (χ4v) is 1.88. The van der Waals surface area contributed by atoms with Gasteiger partial charge in [-0.25, -0.2) is 0 Å². The summed E-state index contributed by atoms with van der Waals surface area (Å²) in [4.78, 5) is 0. The Morgan fingerprint density at radius 1 is 1.45 bits per heavy atom. The number of rotatable bonds is 0. The number of ether oxygens (including phenoxy) is 2. The van der Waals surface area contributed by atoms with Crippen molar-refractivity contribution in [3.63, 3.8) is 0 Å². The predicted octanol–water partition coefficient (Wildman–Crippen LogP) is -1.26. The van der Waals surface area contributed by atoms with E-state index in [9.17, 15) is 5.11 Å². The fourth-order valence-electron chi connectivity index (χ4n) is 1.88. The zero-order chi connectivity index (χ0) is 8.01. The molecule has 2 heterocycles. The molecule has 0 aromatic rings. The van der Waals surface area contributed by atoms with Gasteiger partial charge in [0.1, 0.15) is 20.1 Å². The van der Waals surface area contributed by atoms with Crippen LogP contribution in [-0.4, -0.2) is 43.9 Å². The monoisotopic (exact) mass is 156 g/mol. The molecule has 11 heavy (non-hydrogen) atoms. The summed E-state index contributed by atoms with van der Waals surface area (Å²) in [5.74, 6) is 0.430. The van der Waals surface area contributed by atoms with E-state index in [0.29, 0.717) is 5.92 Å². The minimum atomic E-state index is -0.426. The molecule has 62 valence electrons. The van der Waals surface area contributed by atoms with E-state index in [1.54, 1.807) is 0 Å². The van der Waals surface area contributed by atoms with Crippen molar-refractivity contribution in [1.82, 2.24) is 0 Å². The van der Waals surface area contributed by atoms with Crippen molar-refractivity contribution in [1.29, 1.82) is 0 Å². The summed E-state index contributed by atoms with van der Waals surface area (Å²) in [6.07, 6.45) is -0.370. The lowest BCUT2D eigenvalue weighted by atomic mass is 9.92. The number of aliphatic hydroxyl groups is 1. The molecule has 2 aliphatic heterocycles. The van der Waals surface area contributed by atoms with Gasteiger partial charge in [0, 0.05) is 5.92 Å². The lowest BCUT2D eigenvalue weighted by Gasteiger charge is -2.11. The molecule has 2 fully saturated rings. The number of fused-ring (bicyclic) bond motifs is 1. The van der Waals surface area contributed by atoms with Gasteiger partial charge in [0.05, 0.1) is 18.7 Å². The molecule has 5 atom stereocenters. The Bertz CT molecular complexity index is 164. The maximum atomic E-state index is 9.54. The molecule has 0 aliphatic carbocycles. The van der Waals surface area contributed by atoms with Crippen molar-refractivity contribution in [3.8, 4) is 0 Å². The lowest BCUT2D eigenvalue weighted by Crippen LogP contribution is -2.31. The summed E-state index contributed by atoms with van der Waals surface area (Å²) in [6, 6.07) is -0.0623. The third kappa shape index (κ3) is 1.01. The number of aliphatic hydroxyl groups excluding tert-OH is 1. The molecule has 0 aromatic heterocycles. The summed E-state index contributed by atoms with van der Waals surface area (Å²) in [7, 11) is 1.89. The van der Waals surface area contributed by atoms with Gasteiger partial charge in [0.2, 0.25) is 0 Å². The van der Waals surface area contributed by atoms with Gasteiger partial charge in [-0.2, -0.15) is 0 Å². The van der Waals surface area contributed by atoms with Crippen molar-refractivity contribution >= 4 is 7.85 Å². The summed E-state index contributed by atoms with van der Waals surface area (Å²) in [5.41, 5.74) is 0. The summed E-state index contributed by atoms with van der Waals surface area (Å²) in [5, 5.41) is 9.54. The molecular formula is C7H13BO3. The zero-order valence-electron chi connectivity index (χ0n) is 6.86. The highest BCUT2D eigenvalue weighted by molar-refractivity contribution is 6.11. The maximum Gasteiger partial charge on any atom is 0.142 e. The van der Waals surface area contributed by atoms with Crippen molar-refractivity contribution in [3.05, 3.63) is 0 Å². The van der Waals surface area contributed by atoms with E-state index in [2.05, 4.69) is 6.92 Å². The Morgan fingerprint density at radius 3 is 2.82 bits per heavy atom. The van der Waals surface area contributed by atoms with Crippen LogP contribution in [0.3, 0.4) is 0 Å². The molecule has 2 saturated heterocycles. The third-order valence-corrected chi connectivity index (χ3v) is 2.63. The summed E-state index contributed by atoms with van der Waals surface area (Å²) in [6.45, 7) is 2.81. The van der Waals surface area contributed by atoms with Gasteiger partial charge in [-0.3, -0.25) is 0 Å². The minimum absolute atomic E-state index is 0.0623. The van der Waals surface area contributed by atoms with Crippen LogP contribution in [0.4, 0.5) is 0 Å². The molecule has 0 aromatic carbocycles. The molecule has 0 amide bonds. The first-order valence-electron chi connectivity index (χ1n) is 4.15. The highest BCUT2D eigenvalue weighted by atomic mass is 16.6. The molecule has 2 rings (SSSR count). The van der Waals surface area contributed by atoms with E-state index in [-0.39, 0.29) is 18.2 Å². The molecule has 2 aliphatic rings. The van der Waals surface area contributed by atoms with E-state index >= 15 is 0 Å². The van der Waals surface area contributed by atoms with Crippen LogP contribution in [0.1, 0.15) is 6.92 Å². The van der Waals surface area contributed by atoms with Crippen molar-refractivity contribution in [2.75, 3.05) is 6.61 Å². The average molecular weight is 156 g/mol. The Hall–Kier alpha value is -0.0551. The van der Waals surface area contributed by atoms with E-state index in [1.165, 1.54) is 0 Å². The van der Waals surface area contributed by atoms with Crippen LogP contribution in [0.5, 0.6) is 0 Å². The SMILES string of the molecule is B[C@@H]1OC2[C@H](C)CO[C@@H]2[C@H]1O. The molecule has 0 bridgehead atoms. The summed E-state index contributed by atoms with van der Waals surface area (Å²) < 4.78 is 10.9. The van der Waals surface area contributed by atoms with Gasteiger partial charge in [0.15, 0.2) is 0 Å². The van der Waals surface area contributed by atoms with E-state index in [4.69, 9.17) is 9.47 Å². The normalized spacial score (nSPS) is 56.4.